The van der Waals surface area contributed by atoms with E-state index in [4.69, 9.17) is 4.74 Å². The average molecular weight is 281 g/mol. The van der Waals surface area contributed by atoms with Gasteiger partial charge in [0.05, 0.1) is 24.9 Å². The fourth-order valence-electron chi connectivity index (χ4n) is 2.52. The Morgan fingerprint density at radius 2 is 1.86 bits per heavy atom. The molecule has 1 aliphatic rings. The topological polar surface area (TPSA) is 46.6 Å². The van der Waals surface area contributed by atoms with Gasteiger partial charge in [0.15, 0.2) is 0 Å². The smallest absolute Gasteiger partial charge is 0.299 e. The molecule has 3 rings (SSSR count). The lowest BCUT2D eigenvalue weighted by molar-refractivity contribution is -0.114. The number of amides is 1. The second-order valence-corrected chi connectivity index (χ2v) is 5.03. The maximum atomic E-state index is 12.2. The van der Waals surface area contributed by atoms with Gasteiger partial charge in [0.25, 0.3) is 11.7 Å². The minimum atomic E-state index is -0.485. The second-order valence-electron chi connectivity index (χ2n) is 5.03. The number of hydrogen-bond acceptors (Lipinski definition) is 3. The summed E-state index contributed by atoms with van der Waals surface area (Å²) in [6.45, 7) is 2.38. The number of ether oxygens (including phenoxy) is 1. The van der Waals surface area contributed by atoms with Crippen LogP contribution in [0.15, 0.2) is 42.5 Å². The molecular weight excluding hydrogens is 266 g/mol. The van der Waals surface area contributed by atoms with E-state index in [-0.39, 0.29) is 0 Å². The third kappa shape index (κ3) is 2.18. The maximum absolute atomic E-state index is 12.2. The highest BCUT2D eigenvalue weighted by molar-refractivity contribution is 6.52. The van der Waals surface area contributed by atoms with Gasteiger partial charge in [-0.2, -0.15) is 0 Å². The van der Waals surface area contributed by atoms with Gasteiger partial charge in [-0.3, -0.25) is 9.59 Å². The van der Waals surface area contributed by atoms with Gasteiger partial charge in [0.2, 0.25) is 0 Å². The third-order valence-corrected chi connectivity index (χ3v) is 3.77. The summed E-state index contributed by atoms with van der Waals surface area (Å²) in [4.78, 5) is 25.8. The van der Waals surface area contributed by atoms with Gasteiger partial charge in [-0.05, 0) is 30.2 Å². The largest absolute Gasteiger partial charge is 0.497 e. The summed E-state index contributed by atoms with van der Waals surface area (Å²) in [6.07, 6.45) is 0. The van der Waals surface area contributed by atoms with Crippen LogP contribution >= 0.6 is 0 Å². The second kappa shape index (κ2) is 5.05. The number of anilines is 1. The van der Waals surface area contributed by atoms with Crippen LogP contribution < -0.4 is 9.64 Å². The third-order valence-electron chi connectivity index (χ3n) is 3.77. The van der Waals surface area contributed by atoms with Crippen molar-refractivity contribution in [3.8, 4) is 5.75 Å². The Hall–Kier alpha value is -2.62. The number of Topliss-reactive ketones (excluding diaryl/α,β-unsaturated/α-hetero) is 1. The Morgan fingerprint density at radius 3 is 2.57 bits per heavy atom. The van der Waals surface area contributed by atoms with Crippen LogP contribution in [0, 0.1) is 6.92 Å². The number of benzene rings is 2. The molecule has 0 fully saturated rings. The van der Waals surface area contributed by atoms with Crippen LogP contribution in [0.4, 0.5) is 5.69 Å². The molecule has 0 spiro atoms. The van der Waals surface area contributed by atoms with E-state index in [0.29, 0.717) is 23.5 Å². The van der Waals surface area contributed by atoms with Gasteiger partial charge in [0, 0.05) is 6.07 Å². The highest BCUT2D eigenvalue weighted by Gasteiger charge is 2.36. The van der Waals surface area contributed by atoms with E-state index in [0.717, 1.165) is 11.1 Å². The highest BCUT2D eigenvalue weighted by Crippen LogP contribution is 2.33. The van der Waals surface area contributed by atoms with Gasteiger partial charge in [-0.1, -0.05) is 24.3 Å². The first-order chi connectivity index (χ1) is 10.1. The Bertz CT molecular complexity index is 737. The highest BCUT2D eigenvalue weighted by atomic mass is 16.5. The Morgan fingerprint density at radius 1 is 1.10 bits per heavy atom. The summed E-state index contributed by atoms with van der Waals surface area (Å²) >= 11 is 0. The van der Waals surface area contributed by atoms with Crippen molar-refractivity contribution in [3.05, 3.63) is 59.2 Å². The summed E-state index contributed by atoms with van der Waals surface area (Å²) < 4.78 is 5.18. The fraction of sp³-hybridized carbons (Fsp3) is 0.176. The van der Waals surface area contributed by atoms with E-state index in [1.165, 1.54) is 4.90 Å². The number of aryl methyl sites for hydroxylation is 1. The zero-order valence-corrected chi connectivity index (χ0v) is 11.9. The number of carbonyl (C=O) groups is 2. The van der Waals surface area contributed by atoms with Crippen LogP contribution in [0.5, 0.6) is 5.75 Å². The molecule has 0 bridgehead atoms. The van der Waals surface area contributed by atoms with E-state index < -0.39 is 11.7 Å². The lowest BCUT2D eigenvalue weighted by Crippen LogP contribution is -2.29. The number of rotatable bonds is 3. The molecule has 0 saturated carbocycles. The van der Waals surface area contributed by atoms with Gasteiger partial charge >= 0.3 is 0 Å². The zero-order valence-electron chi connectivity index (χ0n) is 11.9. The zero-order chi connectivity index (χ0) is 15.0. The summed E-state index contributed by atoms with van der Waals surface area (Å²) in [6, 6.07) is 12.9. The molecule has 0 aliphatic carbocycles. The Kier molecular flexibility index (Phi) is 3.22. The monoisotopic (exact) mass is 281 g/mol. The molecule has 0 atom stereocenters. The normalized spacial score (nSPS) is 13.5. The van der Waals surface area contributed by atoms with Gasteiger partial charge < -0.3 is 9.64 Å². The number of ketones is 1. The fourth-order valence-corrected chi connectivity index (χ4v) is 2.52. The summed E-state index contributed by atoms with van der Waals surface area (Å²) in [7, 11) is 1.56. The quantitative estimate of drug-likeness (QED) is 0.813. The molecule has 0 N–H and O–H groups in total. The van der Waals surface area contributed by atoms with E-state index in [1.807, 2.05) is 31.2 Å². The van der Waals surface area contributed by atoms with Crippen molar-refractivity contribution < 1.29 is 14.3 Å². The minimum Gasteiger partial charge on any atom is -0.497 e. The molecule has 4 nitrogen and oxygen atoms in total. The first kappa shape index (κ1) is 13.4. The SMILES string of the molecule is COc1ccc2c(c1)N(Cc1ccccc1C)C(=O)C2=O. The van der Waals surface area contributed by atoms with Crippen molar-refractivity contribution in [2.45, 2.75) is 13.5 Å². The number of methoxy groups -OCH3 is 1. The molecule has 1 aliphatic heterocycles. The number of nitrogens with zero attached hydrogens (tertiary/aromatic N) is 1. The first-order valence-electron chi connectivity index (χ1n) is 6.70. The van der Waals surface area contributed by atoms with Gasteiger partial charge in [-0.25, -0.2) is 0 Å². The van der Waals surface area contributed by atoms with Crippen molar-refractivity contribution in [1.29, 1.82) is 0 Å². The van der Waals surface area contributed by atoms with E-state index in [9.17, 15) is 9.59 Å². The van der Waals surface area contributed by atoms with Crippen molar-refractivity contribution in [1.82, 2.24) is 0 Å². The van der Waals surface area contributed by atoms with Crippen LogP contribution in [0.1, 0.15) is 21.5 Å². The van der Waals surface area contributed by atoms with E-state index in [2.05, 4.69) is 0 Å². The standard InChI is InChI=1S/C17H15NO3/c1-11-5-3-4-6-12(11)10-18-15-9-13(21-2)7-8-14(15)16(19)17(18)20/h3-9H,10H2,1-2H3. The summed E-state index contributed by atoms with van der Waals surface area (Å²) in [5.41, 5.74) is 3.17. The van der Waals surface area contributed by atoms with Crippen molar-refractivity contribution >= 4 is 17.4 Å². The predicted octanol–water partition coefficient (Wildman–Crippen LogP) is 2.73. The molecule has 2 aromatic rings. The van der Waals surface area contributed by atoms with Crippen molar-refractivity contribution in [2.24, 2.45) is 0 Å². The summed E-state index contributed by atoms with van der Waals surface area (Å²) in [5.74, 6) is -0.311. The molecule has 21 heavy (non-hydrogen) atoms. The average Bonchev–Trinajstić information content (AvgIpc) is 2.74. The molecule has 0 aromatic heterocycles. The maximum Gasteiger partial charge on any atom is 0.299 e. The van der Waals surface area contributed by atoms with Crippen LogP contribution in [-0.4, -0.2) is 18.8 Å². The van der Waals surface area contributed by atoms with Crippen LogP contribution in [0.3, 0.4) is 0 Å². The van der Waals surface area contributed by atoms with Crippen molar-refractivity contribution in [3.63, 3.8) is 0 Å². The first-order valence-corrected chi connectivity index (χ1v) is 6.70. The van der Waals surface area contributed by atoms with Crippen LogP contribution in [0.25, 0.3) is 0 Å². The van der Waals surface area contributed by atoms with E-state index in [1.54, 1.807) is 25.3 Å². The van der Waals surface area contributed by atoms with Gasteiger partial charge in [0.1, 0.15) is 5.75 Å². The van der Waals surface area contributed by atoms with Crippen LogP contribution in [0.2, 0.25) is 0 Å². The Labute approximate surface area is 123 Å². The number of hydrogen-bond donors (Lipinski definition) is 0. The number of carbonyl (C=O) groups excluding carboxylic acids is 2. The predicted molar refractivity (Wildman–Crippen MR) is 79.7 cm³/mol. The molecule has 0 unspecified atom stereocenters. The molecule has 1 amide bonds. The van der Waals surface area contributed by atoms with E-state index >= 15 is 0 Å². The molecule has 0 radical (unpaired) electrons. The number of fused-ring (bicyclic) bond motifs is 1. The lowest BCUT2D eigenvalue weighted by atomic mass is 10.1. The van der Waals surface area contributed by atoms with Crippen LogP contribution in [-0.2, 0) is 11.3 Å². The molecule has 106 valence electrons. The minimum absolute atomic E-state index is 0.386. The molecule has 4 heteroatoms. The summed E-state index contributed by atoms with van der Waals surface area (Å²) in [5, 5.41) is 0. The molecule has 2 aromatic carbocycles. The van der Waals surface area contributed by atoms with Gasteiger partial charge in [-0.15, -0.1) is 0 Å². The molecular formula is C17H15NO3. The molecule has 1 heterocycles. The Balaban J connectivity index is 2.02. The lowest BCUT2D eigenvalue weighted by Gasteiger charge is -2.18. The van der Waals surface area contributed by atoms with Crippen molar-refractivity contribution in [2.75, 3.05) is 12.0 Å². The molecule has 0 saturated heterocycles.